The summed E-state index contributed by atoms with van der Waals surface area (Å²) in [6, 6.07) is 0. The lowest BCUT2D eigenvalue weighted by Gasteiger charge is -2.61. The molecule has 0 aromatic carbocycles. The molecule has 0 amide bonds. The van der Waals surface area contributed by atoms with Gasteiger partial charge >= 0.3 is 0 Å². The molecule has 0 aromatic rings. The minimum atomic E-state index is -0.155. The number of rotatable bonds is 3. The molecule has 0 N–H and O–H groups in total. The normalized spacial score (nSPS) is 49.6. The fourth-order valence-electron chi connectivity index (χ4n) is 5.47. The fraction of sp³-hybridized carbons (Fsp3) is 0.833. The molecule has 1 aliphatic heterocycles. The van der Waals surface area contributed by atoms with E-state index in [1.807, 2.05) is 6.92 Å². The first kappa shape index (κ1) is 15.2. The van der Waals surface area contributed by atoms with Crippen molar-refractivity contribution >= 4 is 6.29 Å². The summed E-state index contributed by atoms with van der Waals surface area (Å²) >= 11 is 0. The molecule has 3 rings (SSSR count). The van der Waals surface area contributed by atoms with Gasteiger partial charge in [0.1, 0.15) is 6.29 Å². The van der Waals surface area contributed by atoms with Gasteiger partial charge in [-0.25, -0.2) is 0 Å². The third-order valence-electron chi connectivity index (χ3n) is 6.86. The maximum Gasteiger partial charge on any atom is 0.158 e. The smallest absolute Gasteiger partial charge is 0.158 e. The summed E-state index contributed by atoms with van der Waals surface area (Å²) in [6.07, 6.45) is 6.28. The molecule has 2 saturated carbocycles. The lowest BCUT2D eigenvalue weighted by Crippen LogP contribution is -2.59. The van der Waals surface area contributed by atoms with Gasteiger partial charge in [0, 0.05) is 24.4 Å². The van der Waals surface area contributed by atoms with Gasteiger partial charge in [0.2, 0.25) is 0 Å². The zero-order valence-corrected chi connectivity index (χ0v) is 13.6. The summed E-state index contributed by atoms with van der Waals surface area (Å²) < 4.78 is 12.0. The summed E-state index contributed by atoms with van der Waals surface area (Å²) in [5.74, 6) is 0.544. The molecule has 0 bridgehead atoms. The molecule has 3 nitrogen and oxygen atoms in total. The lowest BCUT2D eigenvalue weighted by molar-refractivity contribution is -0.169. The summed E-state index contributed by atoms with van der Waals surface area (Å²) in [5.41, 5.74) is 1.14. The monoisotopic (exact) mass is 292 g/mol. The van der Waals surface area contributed by atoms with Gasteiger partial charge < -0.3 is 14.3 Å². The van der Waals surface area contributed by atoms with E-state index in [0.717, 1.165) is 37.5 Å². The Morgan fingerprint density at radius 3 is 2.90 bits per heavy atom. The van der Waals surface area contributed by atoms with Crippen LogP contribution in [-0.2, 0) is 14.3 Å². The third kappa shape index (κ3) is 1.90. The number of allylic oxidation sites excluding steroid dienone is 1. The van der Waals surface area contributed by atoms with Crippen molar-refractivity contribution in [2.75, 3.05) is 6.61 Å². The van der Waals surface area contributed by atoms with E-state index in [2.05, 4.69) is 20.4 Å². The van der Waals surface area contributed by atoms with Crippen molar-refractivity contribution in [2.45, 2.75) is 65.3 Å². The standard InChI is InChI=1S/C18H28O3/c1-5-20-16-10-18-14(11-19)12(2)8-9-17(18,4)13(3)6-7-15(18)21-16/h11,13-16H,2,5-10H2,1,3-4H3/t13-,14-,15+,16-,17+,18-/m1/s1. The van der Waals surface area contributed by atoms with E-state index < -0.39 is 0 Å². The summed E-state index contributed by atoms with van der Waals surface area (Å²) in [6.45, 7) is 11.6. The van der Waals surface area contributed by atoms with Crippen molar-refractivity contribution in [2.24, 2.45) is 22.7 Å². The molecule has 21 heavy (non-hydrogen) atoms. The Hall–Kier alpha value is -0.670. The Morgan fingerprint density at radius 2 is 2.24 bits per heavy atom. The van der Waals surface area contributed by atoms with Crippen molar-refractivity contribution in [3.05, 3.63) is 12.2 Å². The summed E-state index contributed by atoms with van der Waals surface area (Å²) in [7, 11) is 0. The van der Waals surface area contributed by atoms with Crippen LogP contribution in [0.15, 0.2) is 12.2 Å². The van der Waals surface area contributed by atoms with E-state index >= 15 is 0 Å². The predicted octanol–water partition coefficient (Wildman–Crippen LogP) is 3.73. The van der Waals surface area contributed by atoms with Crippen LogP contribution in [0.2, 0.25) is 0 Å². The predicted molar refractivity (Wildman–Crippen MR) is 81.8 cm³/mol. The topological polar surface area (TPSA) is 35.5 Å². The molecular formula is C18H28O3. The average Bonchev–Trinajstić information content (AvgIpc) is 2.81. The van der Waals surface area contributed by atoms with E-state index in [1.165, 1.54) is 6.42 Å². The Balaban J connectivity index is 2.06. The highest BCUT2D eigenvalue weighted by Crippen LogP contribution is 2.68. The molecule has 0 unspecified atom stereocenters. The van der Waals surface area contributed by atoms with Crippen molar-refractivity contribution < 1.29 is 14.3 Å². The molecule has 1 heterocycles. The van der Waals surface area contributed by atoms with Crippen molar-refractivity contribution in [1.29, 1.82) is 0 Å². The van der Waals surface area contributed by atoms with Crippen LogP contribution >= 0.6 is 0 Å². The lowest BCUT2D eigenvalue weighted by atomic mass is 9.42. The number of carbonyl (C=O) groups is 1. The first-order chi connectivity index (χ1) is 9.99. The zero-order chi connectivity index (χ0) is 15.3. The highest BCUT2D eigenvalue weighted by atomic mass is 16.7. The fourth-order valence-corrected chi connectivity index (χ4v) is 5.47. The second-order valence-electron chi connectivity index (χ2n) is 7.42. The van der Waals surface area contributed by atoms with Gasteiger partial charge in [-0.2, -0.15) is 0 Å². The van der Waals surface area contributed by atoms with Gasteiger partial charge in [-0.3, -0.25) is 0 Å². The first-order valence-corrected chi connectivity index (χ1v) is 8.39. The van der Waals surface area contributed by atoms with Crippen LogP contribution in [-0.4, -0.2) is 25.3 Å². The minimum Gasteiger partial charge on any atom is -0.353 e. The molecule has 3 heteroatoms. The third-order valence-corrected chi connectivity index (χ3v) is 6.86. The average molecular weight is 292 g/mol. The number of ether oxygens (including phenoxy) is 2. The number of hydrogen-bond donors (Lipinski definition) is 0. The second-order valence-corrected chi connectivity index (χ2v) is 7.42. The highest BCUT2D eigenvalue weighted by Gasteiger charge is 2.67. The van der Waals surface area contributed by atoms with Crippen LogP contribution in [0.1, 0.15) is 52.9 Å². The molecule has 118 valence electrons. The molecule has 6 atom stereocenters. The van der Waals surface area contributed by atoms with E-state index in [4.69, 9.17) is 9.47 Å². The van der Waals surface area contributed by atoms with Crippen LogP contribution in [0.5, 0.6) is 0 Å². The molecule has 0 radical (unpaired) electrons. The van der Waals surface area contributed by atoms with Crippen molar-refractivity contribution in [3.8, 4) is 0 Å². The van der Waals surface area contributed by atoms with E-state index in [9.17, 15) is 4.79 Å². The quantitative estimate of drug-likeness (QED) is 0.587. The van der Waals surface area contributed by atoms with Crippen LogP contribution in [0.25, 0.3) is 0 Å². The van der Waals surface area contributed by atoms with E-state index in [-0.39, 0.29) is 29.1 Å². The van der Waals surface area contributed by atoms with E-state index in [1.54, 1.807) is 0 Å². The van der Waals surface area contributed by atoms with Crippen LogP contribution in [0.4, 0.5) is 0 Å². The van der Waals surface area contributed by atoms with E-state index in [0.29, 0.717) is 12.5 Å². The molecular weight excluding hydrogens is 264 g/mol. The Labute approximate surface area is 128 Å². The molecule has 2 aliphatic carbocycles. The van der Waals surface area contributed by atoms with Gasteiger partial charge in [-0.1, -0.05) is 26.0 Å². The Kier molecular flexibility index (Phi) is 3.77. The number of hydrogen-bond acceptors (Lipinski definition) is 3. The first-order valence-electron chi connectivity index (χ1n) is 8.39. The second kappa shape index (κ2) is 5.20. The molecule has 3 fully saturated rings. The van der Waals surface area contributed by atoms with Gasteiger partial charge in [0.05, 0.1) is 6.10 Å². The van der Waals surface area contributed by atoms with Gasteiger partial charge in [-0.05, 0) is 43.9 Å². The summed E-state index contributed by atoms with van der Waals surface area (Å²) in [4.78, 5) is 11.9. The molecule has 3 aliphatic rings. The zero-order valence-electron chi connectivity index (χ0n) is 13.6. The number of aldehydes is 1. The minimum absolute atomic E-state index is 0.0746. The van der Waals surface area contributed by atoms with Crippen LogP contribution in [0, 0.1) is 22.7 Å². The van der Waals surface area contributed by atoms with Crippen molar-refractivity contribution in [1.82, 2.24) is 0 Å². The van der Waals surface area contributed by atoms with Gasteiger partial charge in [0.15, 0.2) is 6.29 Å². The maximum absolute atomic E-state index is 11.9. The highest BCUT2D eigenvalue weighted by molar-refractivity contribution is 5.62. The Bertz CT molecular complexity index is 446. The molecule has 1 saturated heterocycles. The molecule has 0 aromatic heterocycles. The van der Waals surface area contributed by atoms with Crippen LogP contribution < -0.4 is 0 Å². The maximum atomic E-state index is 11.9. The largest absolute Gasteiger partial charge is 0.353 e. The van der Waals surface area contributed by atoms with Crippen molar-refractivity contribution in [3.63, 3.8) is 0 Å². The SMILES string of the molecule is C=C1CC[C@@]2(C)[C@H](C)CC[C@@H]3O[C@@H](OCC)C[C@@]32[C@@H]1C=O. The molecule has 1 spiro atoms. The van der Waals surface area contributed by atoms with Gasteiger partial charge in [0.25, 0.3) is 0 Å². The Morgan fingerprint density at radius 1 is 1.48 bits per heavy atom. The summed E-state index contributed by atoms with van der Waals surface area (Å²) in [5, 5.41) is 0. The van der Waals surface area contributed by atoms with Crippen LogP contribution in [0.3, 0.4) is 0 Å². The van der Waals surface area contributed by atoms with Gasteiger partial charge in [-0.15, -0.1) is 0 Å². The number of carbonyl (C=O) groups excluding carboxylic acids is 1.